The largest absolute Gasteiger partial charge is 0.492 e. The fourth-order valence-corrected chi connectivity index (χ4v) is 3.21. The molecular formula is C19H29N3O4. The molecule has 2 aliphatic heterocycles. The first kappa shape index (κ1) is 19.1. The number of nitrogens with two attached hydrogens (primary N) is 1. The first-order valence-corrected chi connectivity index (χ1v) is 9.33. The van der Waals surface area contributed by atoms with Crippen LogP contribution >= 0.6 is 0 Å². The zero-order valence-electron chi connectivity index (χ0n) is 15.2. The van der Waals surface area contributed by atoms with Crippen molar-refractivity contribution >= 4 is 5.91 Å². The minimum atomic E-state index is -0.829. The molecule has 0 aromatic heterocycles. The number of carbonyl (C=O) groups is 1. The third-order valence-electron chi connectivity index (χ3n) is 5.02. The van der Waals surface area contributed by atoms with Gasteiger partial charge in [-0.1, -0.05) is 18.2 Å². The summed E-state index contributed by atoms with van der Waals surface area (Å²) < 4.78 is 16.6. The molecule has 2 saturated heterocycles. The van der Waals surface area contributed by atoms with Gasteiger partial charge < -0.3 is 25.3 Å². The average molecular weight is 363 g/mol. The van der Waals surface area contributed by atoms with Crippen molar-refractivity contribution in [3.63, 3.8) is 0 Å². The van der Waals surface area contributed by atoms with Crippen LogP contribution in [0.3, 0.4) is 0 Å². The number of morpholine rings is 1. The molecule has 144 valence electrons. The van der Waals surface area contributed by atoms with E-state index in [1.54, 1.807) is 0 Å². The van der Waals surface area contributed by atoms with Crippen LogP contribution in [0.25, 0.3) is 0 Å². The predicted molar refractivity (Wildman–Crippen MR) is 98.0 cm³/mol. The fraction of sp³-hybridized carbons (Fsp3) is 0.632. The molecule has 2 aliphatic rings. The summed E-state index contributed by atoms with van der Waals surface area (Å²) in [6, 6.07) is 7.80. The van der Waals surface area contributed by atoms with Crippen LogP contribution in [-0.2, 0) is 20.8 Å². The molecule has 0 saturated carbocycles. The Morgan fingerprint density at radius 3 is 2.62 bits per heavy atom. The molecule has 1 amide bonds. The smallest absolute Gasteiger partial charge is 0.240 e. The van der Waals surface area contributed by atoms with E-state index in [2.05, 4.69) is 10.2 Å². The summed E-state index contributed by atoms with van der Waals surface area (Å²) in [6.07, 6.45) is 1.10. The highest BCUT2D eigenvalue weighted by atomic mass is 16.5. The van der Waals surface area contributed by atoms with Crippen LogP contribution in [0.1, 0.15) is 18.4 Å². The maximum atomic E-state index is 12.5. The zero-order valence-corrected chi connectivity index (χ0v) is 15.2. The first-order valence-electron chi connectivity index (χ1n) is 9.33. The summed E-state index contributed by atoms with van der Waals surface area (Å²) in [4.78, 5) is 14.8. The molecule has 2 heterocycles. The van der Waals surface area contributed by atoms with Gasteiger partial charge in [0.1, 0.15) is 12.4 Å². The normalized spacial score (nSPS) is 20.5. The van der Waals surface area contributed by atoms with Crippen molar-refractivity contribution in [2.75, 3.05) is 52.7 Å². The molecule has 1 aromatic rings. The van der Waals surface area contributed by atoms with E-state index in [4.69, 9.17) is 19.9 Å². The number of rotatable bonds is 7. The molecule has 0 unspecified atom stereocenters. The fourth-order valence-electron chi connectivity index (χ4n) is 3.21. The van der Waals surface area contributed by atoms with E-state index in [-0.39, 0.29) is 5.91 Å². The van der Waals surface area contributed by atoms with Gasteiger partial charge in [-0.05, 0) is 18.9 Å². The first-order chi connectivity index (χ1) is 12.7. The van der Waals surface area contributed by atoms with Crippen molar-refractivity contribution in [1.29, 1.82) is 0 Å². The summed E-state index contributed by atoms with van der Waals surface area (Å²) in [5.74, 6) is 0.683. The van der Waals surface area contributed by atoms with Gasteiger partial charge in [-0.15, -0.1) is 0 Å². The quantitative estimate of drug-likeness (QED) is 0.735. The molecule has 0 radical (unpaired) electrons. The highest BCUT2D eigenvalue weighted by molar-refractivity contribution is 5.86. The number of benzene rings is 1. The lowest BCUT2D eigenvalue weighted by atomic mass is 9.90. The van der Waals surface area contributed by atoms with Gasteiger partial charge in [-0.25, -0.2) is 0 Å². The molecule has 1 aromatic carbocycles. The Hall–Kier alpha value is -1.67. The van der Waals surface area contributed by atoms with Gasteiger partial charge in [-0.2, -0.15) is 0 Å². The van der Waals surface area contributed by atoms with Crippen molar-refractivity contribution in [2.24, 2.45) is 5.73 Å². The average Bonchev–Trinajstić information content (AvgIpc) is 2.68. The van der Waals surface area contributed by atoms with E-state index < -0.39 is 5.54 Å². The number of carbonyl (C=O) groups excluding carboxylic acids is 1. The lowest BCUT2D eigenvalue weighted by Crippen LogP contribution is -2.56. The number of ether oxygens (including phenoxy) is 3. The van der Waals surface area contributed by atoms with E-state index in [1.165, 1.54) is 0 Å². The second-order valence-electron chi connectivity index (χ2n) is 6.86. The summed E-state index contributed by atoms with van der Waals surface area (Å²) in [7, 11) is 0. The number of hydrogen-bond donors (Lipinski definition) is 2. The lowest BCUT2D eigenvalue weighted by molar-refractivity contribution is -0.129. The van der Waals surface area contributed by atoms with E-state index >= 15 is 0 Å². The van der Waals surface area contributed by atoms with Gasteiger partial charge in [0.25, 0.3) is 0 Å². The Morgan fingerprint density at radius 2 is 1.85 bits per heavy atom. The minimum absolute atomic E-state index is 0.121. The SMILES string of the molecule is NC1(C(=O)NCc2ccccc2OCCN2CCOCC2)CCOCC1. The molecule has 7 nitrogen and oxygen atoms in total. The van der Waals surface area contributed by atoms with Gasteiger partial charge in [0.2, 0.25) is 5.91 Å². The van der Waals surface area contributed by atoms with Gasteiger partial charge in [0.15, 0.2) is 0 Å². The van der Waals surface area contributed by atoms with E-state index in [0.29, 0.717) is 39.2 Å². The van der Waals surface area contributed by atoms with Crippen LogP contribution in [0.2, 0.25) is 0 Å². The number of nitrogens with one attached hydrogen (secondary N) is 1. The molecule has 3 N–H and O–H groups in total. The van der Waals surface area contributed by atoms with Crippen LogP contribution in [0.5, 0.6) is 5.75 Å². The summed E-state index contributed by atoms with van der Waals surface area (Å²) in [6.45, 7) is 6.43. The molecule has 0 atom stereocenters. The predicted octanol–water partition coefficient (Wildman–Crippen LogP) is 0.522. The standard InChI is InChI=1S/C19H29N3O4/c20-19(5-10-24-11-6-19)18(23)21-15-16-3-1-2-4-17(16)26-14-9-22-7-12-25-13-8-22/h1-4H,5-15,20H2,(H,21,23). The Labute approximate surface area is 154 Å². The second-order valence-corrected chi connectivity index (χ2v) is 6.86. The molecule has 7 heteroatoms. The number of nitrogens with zero attached hydrogens (tertiary/aromatic N) is 1. The summed E-state index contributed by atoms with van der Waals surface area (Å²) in [5.41, 5.74) is 6.36. The number of hydrogen-bond acceptors (Lipinski definition) is 6. The highest BCUT2D eigenvalue weighted by Crippen LogP contribution is 2.20. The number of amides is 1. The van der Waals surface area contributed by atoms with Crippen molar-refractivity contribution in [3.8, 4) is 5.75 Å². The van der Waals surface area contributed by atoms with Crippen LogP contribution in [-0.4, -0.2) is 69.0 Å². The van der Waals surface area contributed by atoms with Gasteiger partial charge >= 0.3 is 0 Å². The van der Waals surface area contributed by atoms with Crippen molar-refractivity contribution in [3.05, 3.63) is 29.8 Å². The van der Waals surface area contributed by atoms with Crippen molar-refractivity contribution in [1.82, 2.24) is 10.2 Å². The van der Waals surface area contributed by atoms with Crippen LogP contribution in [0, 0.1) is 0 Å². The molecule has 3 rings (SSSR count). The Bertz CT molecular complexity index is 584. The monoisotopic (exact) mass is 363 g/mol. The van der Waals surface area contributed by atoms with Crippen LogP contribution < -0.4 is 15.8 Å². The molecular weight excluding hydrogens is 334 g/mol. The topological polar surface area (TPSA) is 86.1 Å². The molecule has 0 spiro atoms. The zero-order chi connectivity index (χ0) is 18.2. The van der Waals surface area contributed by atoms with E-state index in [1.807, 2.05) is 24.3 Å². The van der Waals surface area contributed by atoms with E-state index in [0.717, 1.165) is 44.2 Å². The molecule has 2 fully saturated rings. The Balaban J connectivity index is 1.49. The Kier molecular flexibility index (Phi) is 6.85. The lowest BCUT2D eigenvalue weighted by Gasteiger charge is -2.31. The van der Waals surface area contributed by atoms with Crippen molar-refractivity contribution in [2.45, 2.75) is 24.9 Å². The van der Waals surface area contributed by atoms with Gasteiger partial charge in [0.05, 0.1) is 18.8 Å². The molecule has 26 heavy (non-hydrogen) atoms. The van der Waals surface area contributed by atoms with Crippen LogP contribution in [0.4, 0.5) is 0 Å². The second kappa shape index (κ2) is 9.32. The molecule has 0 bridgehead atoms. The maximum Gasteiger partial charge on any atom is 0.240 e. The number of para-hydroxylation sites is 1. The summed E-state index contributed by atoms with van der Waals surface area (Å²) in [5, 5.41) is 2.96. The highest BCUT2D eigenvalue weighted by Gasteiger charge is 2.35. The third-order valence-corrected chi connectivity index (χ3v) is 5.02. The van der Waals surface area contributed by atoms with E-state index in [9.17, 15) is 4.79 Å². The Morgan fingerprint density at radius 1 is 1.15 bits per heavy atom. The van der Waals surface area contributed by atoms with Crippen LogP contribution in [0.15, 0.2) is 24.3 Å². The third kappa shape index (κ3) is 5.17. The maximum absolute atomic E-state index is 12.5. The minimum Gasteiger partial charge on any atom is -0.492 e. The van der Waals surface area contributed by atoms with Crippen molar-refractivity contribution < 1.29 is 19.0 Å². The molecule has 0 aliphatic carbocycles. The van der Waals surface area contributed by atoms with Gasteiger partial charge in [-0.3, -0.25) is 9.69 Å². The summed E-state index contributed by atoms with van der Waals surface area (Å²) >= 11 is 0. The van der Waals surface area contributed by atoms with Gasteiger partial charge in [0, 0.05) is 45.0 Å².